The minimum absolute atomic E-state index is 0.0250. The van der Waals surface area contributed by atoms with E-state index in [1.165, 1.54) is 19.3 Å². The summed E-state index contributed by atoms with van der Waals surface area (Å²) in [6.07, 6.45) is 8.43. The predicted octanol–water partition coefficient (Wildman–Crippen LogP) is 6.75. The normalized spacial score (nSPS) is 25.8. The van der Waals surface area contributed by atoms with E-state index in [1.54, 1.807) is 0 Å². The molecule has 0 amide bonds. The van der Waals surface area contributed by atoms with E-state index in [1.807, 2.05) is 0 Å². The van der Waals surface area contributed by atoms with Crippen molar-refractivity contribution in [3.05, 3.63) is 23.0 Å². The van der Waals surface area contributed by atoms with E-state index < -0.39 is 0 Å². The van der Waals surface area contributed by atoms with Crippen molar-refractivity contribution in [1.29, 1.82) is 0 Å². The zero-order valence-corrected chi connectivity index (χ0v) is 20.1. The van der Waals surface area contributed by atoms with Crippen LogP contribution >= 0.6 is 15.9 Å². The van der Waals surface area contributed by atoms with Crippen LogP contribution in [-0.4, -0.2) is 27.1 Å². The highest BCUT2D eigenvalue weighted by Gasteiger charge is 2.49. The number of anilines is 2. The molecule has 2 aliphatic rings. The first-order valence-electron chi connectivity index (χ1n) is 10.4. The maximum atomic E-state index is 5.29. The Kier molecular flexibility index (Phi) is 5.07. The predicted molar refractivity (Wildman–Crippen MR) is 121 cm³/mol. The molecule has 0 unspecified atom stereocenters. The van der Waals surface area contributed by atoms with Crippen molar-refractivity contribution in [2.24, 2.45) is 0 Å². The maximum Gasteiger partial charge on any atom is 0.175 e. The molecule has 0 atom stereocenters. The van der Waals surface area contributed by atoms with Gasteiger partial charge in [-0.2, -0.15) is 0 Å². The molecule has 0 aromatic carbocycles. The first kappa shape index (κ1) is 20.8. The van der Waals surface area contributed by atoms with E-state index in [0.717, 1.165) is 29.0 Å². The summed E-state index contributed by atoms with van der Waals surface area (Å²) in [7, 11) is 0. The lowest BCUT2D eigenvalue weighted by Crippen LogP contribution is -2.60. The standard InChI is InChI=1S/C23H37BrN3/c1-20(2)13-9-14-21(3,4)26(20)18-12-11-17(24)19(25-18)27-22(5,6)15-10-16-23(27,7)8/h11-12,15H,9-10,13-14,16H2,1-8H3/q+1. The topological polar surface area (TPSA) is 19.4 Å². The highest BCUT2D eigenvalue weighted by atomic mass is 79.9. The second-order valence-electron chi connectivity index (χ2n) is 10.8. The lowest BCUT2D eigenvalue weighted by Gasteiger charge is -2.54. The number of halogens is 1. The molecule has 0 saturated carbocycles. The van der Waals surface area contributed by atoms with Crippen LogP contribution in [0.4, 0.5) is 11.6 Å². The van der Waals surface area contributed by atoms with Crippen molar-refractivity contribution in [3.63, 3.8) is 0 Å². The lowest BCUT2D eigenvalue weighted by atomic mass is 9.79. The van der Waals surface area contributed by atoms with Crippen LogP contribution in [-0.2, 0) is 0 Å². The summed E-state index contributed by atoms with van der Waals surface area (Å²) in [6, 6.07) is 4.38. The van der Waals surface area contributed by atoms with Gasteiger partial charge < -0.3 is 9.80 Å². The minimum Gasteiger partial charge on any atom is -0.346 e. The van der Waals surface area contributed by atoms with E-state index in [9.17, 15) is 0 Å². The van der Waals surface area contributed by atoms with Gasteiger partial charge in [0.1, 0.15) is 18.1 Å². The zero-order chi connectivity index (χ0) is 20.3. The molecule has 0 radical (unpaired) electrons. The van der Waals surface area contributed by atoms with Crippen LogP contribution in [0.2, 0.25) is 0 Å². The molecule has 0 spiro atoms. The molecular weight excluding hydrogens is 398 g/mol. The van der Waals surface area contributed by atoms with Crippen molar-refractivity contribution in [1.82, 2.24) is 4.98 Å². The Bertz CT molecular complexity index is 674. The molecule has 150 valence electrons. The van der Waals surface area contributed by atoms with Crippen LogP contribution in [0.1, 0.15) is 87.5 Å². The fourth-order valence-electron chi connectivity index (χ4n) is 5.64. The number of nitrogens with zero attached hydrogens (tertiary/aromatic N) is 3. The molecule has 3 heterocycles. The molecule has 2 aliphatic heterocycles. The largest absolute Gasteiger partial charge is 0.346 e. The van der Waals surface area contributed by atoms with Gasteiger partial charge in [0.25, 0.3) is 0 Å². The maximum absolute atomic E-state index is 5.29. The second-order valence-corrected chi connectivity index (χ2v) is 11.7. The van der Waals surface area contributed by atoms with Crippen LogP contribution in [0.3, 0.4) is 0 Å². The molecule has 1 aromatic rings. The van der Waals surface area contributed by atoms with Crippen molar-refractivity contribution in [2.45, 2.75) is 110 Å². The van der Waals surface area contributed by atoms with E-state index in [-0.39, 0.29) is 22.2 Å². The molecule has 1 aromatic heterocycles. The van der Waals surface area contributed by atoms with Gasteiger partial charge in [0.05, 0.1) is 10.9 Å². The molecule has 0 N–H and O–H groups in total. The van der Waals surface area contributed by atoms with E-state index >= 15 is 0 Å². The first-order valence-corrected chi connectivity index (χ1v) is 11.2. The van der Waals surface area contributed by atoms with Gasteiger partial charge in [-0.05, 0) is 88.9 Å². The van der Waals surface area contributed by atoms with Crippen LogP contribution in [0.5, 0.6) is 0 Å². The Morgan fingerprint density at radius 2 is 1.41 bits per heavy atom. The molecule has 3 nitrogen and oxygen atoms in total. The van der Waals surface area contributed by atoms with E-state index in [4.69, 9.17) is 4.98 Å². The smallest absolute Gasteiger partial charge is 0.175 e. The Hall–Kier alpha value is -0.900. The third-order valence-corrected chi connectivity index (χ3v) is 7.24. The number of hydrogen-bond acceptors (Lipinski definition) is 3. The summed E-state index contributed by atoms with van der Waals surface area (Å²) in [4.78, 5) is 10.4. The number of piperidine rings is 2. The molecule has 3 rings (SSSR count). The number of rotatable bonds is 2. The van der Waals surface area contributed by atoms with Crippen molar-refractivity contribution in [2.75, 3.05) is 9.80 Å². The average Bonchev–Trinajstić information content (AvgIpc) is 2.46. The van der Waals surface area contributed by atoms with Gasteiger partial charge in [-0.25, -0.2) is 4.98 Å². The molecule has 2 fully saturated rings. The summed E-state index contributed by atoms with van der Waals surface area (Å²) in [5, 5.41) is 0. The number of aromatic nitrogens is 1. The quantitative estimate of drug-likeness (QED) is 0.479. The molecule has 27 heavy (non-hydrogen) atoms. The van der Waals surface area contributed by atoms with Gasteiger partial charge in [-0.15, -0.1) is 0 Å². The van der Waals surface area contributed by atoms with Gasteiger partial charge in [0, 0.05) is 36.9 Å². The third-order valence-electron chi connectivity index (χ3n) is 6.62. The van der Waals surface area contributed by atoms with Gasteiger partial charge in [-0.1, -0.05) is 0 Å². The van der Waals surface area contributed by atoms with Gasteiger partial charge in [0.2, 0.25) is 0 Å². The fourth-order valence-corrected chi connectivity index (χ4v) is 6.04. The molecule has 4 heteroatoms. The second kappa shape index (κ2) is 6.57. The summed E-state index contributed by atoms with van der Waals surface area (Å²) in [6.45, 7) is 18.8. The zero-order valence-electron chi connectivity index (χ0n) is 18.5. The molecular formula is C23H37BrN3+. The van der Waals surface area contributed by atoms with Crippen molar-refractivity contribution in [3.8, 4) is 0 Å². The number of hydrogen-bond donors (Lipinski definition) is 0. The first-order chi connectivity index (χ1) is 12.3. The summed E-state index contributed by atoms with van der Waals surface area (Å²) in [5.41, 5.74) is 0.264. The molecule has 0 bridgehead atoms. The molecule has 0 aliphatic carbocycles. The van der Waals surface area contributed by atoms with Crippen molar-refractivity contribution >= 4 is 27.6 Å². The summed E-state index contributed by atoms with van der Waals surface area (Å²) >= 11 is 3.81. The van der Waals surface area contributed by atoms with Gasteiger partial charge >= 0.3 is 0 Å². The van der Waals surface area contributed by atoms with Crippen molar-refractivity contribution < 1.29 is 0 Å². The summed E-state index contributed by atoms with van der Waals surface area (Å²) < 4.78 is 1.08. The average molecular weight is 435 g/mol. The lowest BCUT2D eigenvalue weighted by molar-refractivity contribution is 0.241. The Balaban J connectivity index is 2.12. The Labute approximate surface area is 175 Å². The Morgan fingerprint density at radius 1 is 0.852 bits per heavy atom. The minimum atomic E-state index is -0.0250. The van der Waals surface area contributed by atoms with E-state index in [0.29, 0.717) is 0 Å². The van der Waals surface area contributed by atoms with Crippen LogP contribution < -0.4 is 9.80 Å². The van der Waals surface area contributed by atoms with Crippen LogP contribution in [0.25, 0.3) is 0 Å². The van der Waals surface area contributed by atoms with Crippen LogP contribution in [0, 0.1) is 6.42 Å². The number of pyridine rings is 1. The SMILES string of the molecule is CC1(C)[CH+]CCC(C)(C)N1c1nc(N2C(C)(C)CCCC2(C)C)ccc1Br. The molecule has 2 saturated heterocycles. The van der Waals surface area contributed by atoms with E-state index in [2.05, 4.69) is 99.7 Å². The van der Waals surface area contributed by atoms with Crippen LogP contribution in [0.15, 0.2) is 16.6 Å². The fraction of sp³-hybridized carbons (Fsp3) is 0.739. The monoisotopic (exact) mass is 434 g/mol. The highest BCUT2D eigenvalue weighted by molar-refractivity contribution is 9.10. The third kappa shape index (κ3) is 3.71. The van der Waals surface area contributed by atoms with Gasteiger partial charge in [-0.3, -0.25) is 0 Å². The summed E-state index contributed by atoms with van der Waals surface area (Å²) in [5.74, 6) is 2.16. The van der Waals surface area contributed by atoms with Gasteiger partial charge in [0.15, 0.2) is 5.54 Å². The Morgan fingerprint density at radius 3 is 1.96 bits per heavy atom. The highest BCUT2D eigenvalue weighted by Crippen LogP contribution is 2.46.